The first kappa shape index (κ1) is 21.3. The van der Waals surface area contributed by atoms with Crippen molar-refractivity contribution in [2.24, 2.45) is 0 Å². The van der Waals surface area contributed by atoms with E-state index in [9.17, 15) is 5.11 Å². The minimum absolute atomic E-state index is 0.0512. The van der Waals surface area contributed by atoms with E-state index in [2.05, 4.69) is 74.1 Å². The van der Waals surface area contributed by atoms with Gasteiger partial charge >= 0.3 is 0 Å². The Morgan fingerprint density at radius 2 is 1.32 bits per heavy atom. The molecule has 2 saturated heterocycles. The highest BCUT2D eigenvalue weighted by molar-refractivity contribution is 5.72. The van der Waals surface area contributed by atoms with Crippen LogP contribution in [0.15, 0.2) is 54.7 Å². The molecule has 34 heavy (non-hydrogen) atoms. The Hall–Kier alpha value is -3.26. The third-order valence-corrected chi connectivity index (χ3v) is 7.02. The Labute approximate surface area is 199 Å². The Morgan fingerprint density at radius 3 is 1.91 bits per heavy atom. The van der Waals surface area contributed by atoms with Crippen molar-refractivity contribution in [3.8, 4) is 33.6 Å². The van der Waals surface area contributed by atoms with Gasteiger partial charge in [-0.05, 0) is 55.5 Å². The van der Waals surface area contributed by atoms with Crippen LogP contribution in [0.1, 0.15) is 55.1 Å². The first-order chi connectivity index (χ1) is 16.8. The summed E-state index contributed by atoms with van der Waals surface area (Å²) < 4.78 is 0. The number of aliphatic hydroxyl groups excluding tert-OH is 1. The van der Waals surface area contributed by atoms with Gasteiger partial charge in [-0.25, -0.2) is 9.97 Å². The molecule has 174 valence electrons. The highest BCUT2D eigenvalue weighted by Crippen LogP contribution is 2.30. The number of rotatable bonds is 6. The average Bonchev–Trinajstić information content (AvgIpc) is 3.70. The summed E-state index contributed by atoms with van der Waals surface area (Å²) in [5.41, 5.74) is 7.10. The van der Waals surface area contributed by atoms with Gasteiger partial charge in [-0.15, -0.1) is 0 Å². The molecule has 4 aromatic rings. The SMILES string of the molecule is OCc1[nH]c(C2CCCN2)nc1-c1ccc(-c2ccc(-c3cnc(C4CCCN4)[nH]3)cc2)cc1. The largest absolute Gasteiger partial charge is 0.390 e. The van der Waals surface area contributed by atoms with Gasteiger partial charge in [0.15, 0.2) is 0 Å². The molecule has 0 amide bonds. The van der Waals surface area contributed by atoms with Gasteiger partial charge in [0, 0.05) is 5.56 Å². The Kier molecular flexibility index (Phi) is 5.74. The van der Waals surface area contributed by atoms with E-state index in [1.807, 2.05) is 6.20 Å². The number of nitrogens with zero attached hydrogens (tertiary/aromatic N) is 2. The monoisotopic (exact) mass is 454 g/mol. The molecule has 7 heteroatoms. The van der Waals surface area contributed by atoms with Gasteiger partial charge < -0.3 is 25.7 Å². The van der Waals surface area contributed by atoms with Crippen LogP contribution in [0.4, 0.5) is 0 Å². The third-order valence-electron chi connectivity index (χ3n) is 7.02. The molecule has 2 aromatic carbocycles. The summed E-state index contributed by atoms with van der Waals surface area (Å²) in [7, 11) is 0. The summed E-state index contributed by atoms with van der Waals surface area (Å²) in [6.45, 7) is 2.03. The van der Waals surface area contributed by atoms with Gasteiger partial charge in [0.25, 0.3) is 0 Å². The minimum Gasteiger partial charge on any atom is -0.390 e. The van der Waals surface area contributed by atoms with Crippen molar-refractivity contribution in [1.82, 2.24) is 30.6 Å². The van der Waals surface area contributed by atoms with Crippen molar-refractivity contribution in [3.63, 3.8) is 0 Å². The first-order valence-corrected chi connectivity index (χ1v) is 12.2. The standard InChI is InChI=1S/C27H30N6O/c34-16-24-25(33-27(32-24)22-4-2-14-29-22)20-11-7-18(8-12-20)17-5-9-19(10-6-17)23-15-30-26(31-23)21-3-1-13-28-21/h5-12,15,21-22,28-29,34H,1-4,13-14,16H2,(H,30,31)(H,32,33). The van der Waals surface area contributed by atoms with Gasteiger partial charge in [-0.2, -0.15) is 0 Å². The number of hydrogen-bond donors (Lipinski definition) is 5. The lowest BCUT2D eigenvalue weighted by Crippen LogP contribution is -2.14. The van der Waals surface area contributed by atoms with Gasteiger partial charge in [-0.3, -0.25) is 0 Å². The number of aromatic amines is 2. The summed E-state index contributed by atoms with van der Waals surface area (Å²) in [5.74, 6) is 1.95. The molecule has 4 heterocycles. The Bertz CT molecular complexity index is 1250. The molecule has 2 aliphatic rings. The first-order valence-electron chi connectivity index (χ1n) is 12.2. The van der Waals surface area contributed by atoms with E-state index in [0.717, 1.165) is 83.3 Å². The fraction of sp³-hybridized carbons (Fsp3) is 0.333. The number of H-pyrrole nitrogens is 2. The summed E-state index contributed by atoms with van der Waals surface area (Å²) >= 11 is 0. The summed E-state index contributed by atoms with van der Waals surface area (Å²) in [5, 5.41) is 16.8. The van der Waals surface area contributed by atoms with Crippen molar-refractivity contribution in [1.29, 1.82) is 0 Å². The van der Waals surface area contributed by atoms with E-state index < -0.39 is 0 Å². The maximum Gasteiger partial charge on any atom is 0.124 e. The van der Waals surface area contributed by atoms with Gasteiger partial charge in [0.1, 0.15) is 11.6 Å². The molecule has 0 aliphatic carbocycles. The van der Waals surface area contributed by atoms with Crippen LogP contribution in [0.5, 0.6) is 0 Å². The van der Waals surface area contributed by atoms with Crippen molar-refractivity contribution in [2.45, 2.75) is 44.4 Å². The maximum absolute atomic E-state index is 9.85. The van der Waals surface area contributed by atoms with Crippen LogP contribution in [-0.2, 0) is 6.61 Å². The number of hydrogen-bond acceptors (Lipinski definition) is 5. The van der Waals surface area contributed by atoms with Crippen LogP contribution in [0.3, 0.4) is 0 Å². The molecule has 2 unspecified atom stereocenters. The van der Waals surface area contributed by atoms with Crippen molar-refractivity contribution in [2.75, 3.05) is 13.1 Å². The second-order valence-electron chi connectivity index (χ2n) is 9.24. The lowest BCUT2D eigenvalue weighted by Gasteiger charge is -2.07. The van der Waals surface area contributed by atoms with E-state index in [0.29, 0.717) is 6.04 Å². The molecule has 0 spiro atoms. The molecule has 7 nitrogen and oxygen atoms in total. The number of nitrogens with one attached hydrogen (secondary N) is 4. The molecule has 2 atom stereocenters. The van der Waals surface area contributed by atoms with Gasteiger partial charge in [0.2, 0.25) is 0 Å². The van der Waals surface area contributed by atoms with Crippen LogP contribution >= 0.6 is 0 Å². The van der Waals surface area contributed by atoms with Crippen molar-refractivity contribution < 1.29 is 5.11 Å². The molecule has 5 N–H and O–H groups in total. The topological polar surface area (TPSA) is 102 Å². The van der Waals surface area contributed by atoms with E-state index >= 15 is 0 Å². The van der Waals surface area contributed by atoms with Crippen LogP contribution in [-0.4, -0.2) is 38.1 Å². The third kappa shape index (κ3) is 4.07. The van der Waals surface area contributed by atoms with Crippen molar-refractivity contribution >= 4 is 0 Å². The molecule has 0 bridgehead atoms. The molecule has 2 fully saturated rings. The van der Waals surface area contributed by atoms with Crippen LogP contribution in [0, 0.1) is 0 Å². The number of aromatic nitrogens is 4. The van der Waals surface area contributed by atoms with Crippen LogP contribution in [0.25, 0.3) is 33.6 Å². The lowest BCUT2D eigenvalue weighted by molar-refractivity contribution is 0.277. The smallest absolute Gasteiger partial charge is 0.124 e. The second-order valence-corrected chi connectivity index (χ2v) is 9.24. The molecule has 2 aliphatic heterocycles. The second kappa shape index (κ2) is 9.18. The normalized spacial score (nSPS) is 20.3. The lowest BCUT2D eigenvalue weighted by atomic mass is 10.0. The van der Waals surface area contributed by atoms with Crippen molar-refractivity contribution in [3.05, 3.63) is 72.1 Å². The van der Waals surface area contributed by atoms with E-state index in [4.69, 9.17) is 4.98 Å². The number of aliphatic hydroxyl groups is 1. The Balaban J connectivity index is 1.20. The molecular formula is C27H30N6O. The van der Waals surface area contributed by atoms with Crippen LogP contribution < -0.4 is 10.6 Å². The highest BCUT2D eigenvalue weighted by Gasteiger charge is 2.22. The fourth-order valence-electron chi connectivity index (χ4n) is 5.11. The molecular weight excluding hydrogens is 424 g/mol. The quantitative estimate of drug-likeness (QED) is 0.296. The van der Waals surface area contributed by atoms with E-state index in [-0.39, 0.29) is 12.6 Å². The van der Waals surface area contributed by atoms with E-state index in [1.165, 1.54) is 6.42 Å². The fourth-order valence-corrected chi connectivity index (χ4v) is 5.11. The van der Waals surface area contributed by atoms with E-state index in [1.54, 1.807) is 0 Å². The zero-order chi connectivity index (χ0) is 22.9. The minimum atomic E-state index is -0.0512. The maximum atomic E-state index is 9.85. The molecule has 6 rings (SSSR count). The van der Waals surface area contributed by atoms with Gasteiger partial charge in [-0.1, -0.05) is 48.5 Å². The molecule has 0 saturated carbocycles. The average molecular weight is 455 g/mol. The zero-order valence-corrected chi connectivity index (χ0v) is 19.1. The molecule has 0 radical (unpaired) electrons. The summed E-state index contributed by atoms with van der Waals surface area (Å²) in [6.07, 6.45) is 6.50. The number of benzene rings is 2. The highest BCUT2D eigenvalue weighted by atomic mass is 16.3. The predicted molar refractivity (Wildman–Crippen MR) is 133 cm³/mol. The summed E-state index contributed by atoms with van der Waals surface area (Å²) in [6, 6.07) is 17.6. The Morgan fingerprint density at radius 1 is 0.735 bits per heavy atom. The van der Waals surface area contributed by atoms with Gasteiger partial charge in [0.05, 0.1) is 42.0 Å². The number of imidazole rings is 2. The predicted octanol–water partition coefficient (Wildman–Crippen LogP) is 4.48. The van der Waals surface area contributed by atoms with Crippen LogP contribution in [0.2, 0.25) is 0 Å². The summed E-state index contributed by atoms with van der Waals surface area (Å²) in [4.78, 5) is 16.2. The zero-order valence-electron chi connectivity index (χ0n) is 19.1. The molecule has 2 aromatic heterocycles.